The number of rotatable bonds is 5. The first kappa shape index (κ1) is 15.8. The van der Waals surface area contributed by atoms with Crippen molar-refractivity contribution in [2.24, 2.45) is 11.7 Å². The number of hydrogen-bond donors (Lipinski definition) is 2. The van der Waals surface area contributed by atoms with Crippen LogP contribution in [0.25, 0.3) is 0 Å². The van der Waals surface area contributed by atoms with Crippen molar-refractivity contribution in [2.45, 2.75) is 83.0 Å². The van der Waals surface area contributed by atoms with Crippen molar-refractivity contribution in [3.8, 4) is 0 Å². The van der Waals surface area contributed by atoms with Gasteiger partial charge in [0, 0.05) is 12.6 Å². The fourth-order valence-corrected chi connectivity index (χ4v) is 3.48. The summed E-state index contributed by atoms with van der Waals surface area (Å²) in [7, 11) is 0. The van der Waals surface area contributed by atoms with E-state index in [-0.39, 0.29) is 11.5 Å². The van der Waals surface area contributed by atoms with Gasteiger partial charge in [0.25, 0.3) is 0 Å². The molecule has 0 aliphatic heterocycles. The van der Waals surface area contributed by atoms with Gasteiger partial charge in [0.15, 0.2) is 0 Å². The molecule has 2 fully saturated rings. The molecule has 20 heavy (non-hydrogen) atoms. The van der Waals surface area contributed by atoms with Gasteiger partial charge in [-0.05, 0) is 51.4 Å². The highest BCUT2D eigenvalue weighted by atomic mass is 16.5. The lowest BCUT2D eigenvalue weighted by Crippen LogP contribution is -2.50. The van der Waals surface area contributed by atoms with Crippen molar-refractivity contribution in [2.75, 3.05) is 6.54 Å². The Morgan fingerprint density at radius 3 is 2.45 bits per heavy atom. The number of nitrogens with two attached hydrogens (primary N) is 1. The molecule has 0 bridgehead atoms. The van der Waals surface area contributed by atoms with Crippen LogP contribution < -0.4 is 11.1 Å². The average Bonchev–Trinajstić information content (AvgIpc) is 2.94. The summed E-state index contributed by atoms with van der Waals surface area (Å²) < 4.78 is 6.11. The highest BCUT2D eigenvalue weighted by molar-refractivity contribution is 5.80. The van der Waals surface area contributed by atoms with E-state index in [1.807, 2.05) is 6.92 Å². The van der Waals surface area contributed by atoms with Gasteiger partial charge in [0.2, 0.25) is 5.91 Å². The van der Waals surface area contributed by atoms with Crippen LogP contribution in [0.4, 0.5) is 0 Å². The molecule has 2 rings (SSSR count). The van der Waals surface area contributed by atoms with Crippen molar-refractivity contribution < 1.29 is 9.53 Å². The van der Waals surface area contributed by atoms with Crippen LogP contribution in [-0.2, 0) is 9.53 Å². The second-order valence-electron chi connectivity index (χ2n) is 6.82. The van der Waals surface area contributed by atoms with Gasteiger partial charge in [0.1, 0.15) is 6.10 Å². The third-order valence-corrected chi connectivity index (χ3v) is 5.06. The Bertz CT molecular complexity index is 318. The second-order valence-corrected chi connectivity index (χ2v) is 6.82. The molecule has 0 radical (unpaired) electrons. The minimum Gasteiger partial charge on any atom is -0.361 e. The number of ether oxygens (including phenoxy) is 1. The standard InChI is InChI=1S/C16H30N2O2/c1-12-7-9-16(11-17,10-8-12)20-13(2)15(19)18-14-5-3-4-6-14/h12-14H,3-11,17H2,1-2H3,(H,18,19). The Labute approximate surface area is 122 Å². The maximum Gasteiger partial charge on any atom is 0.249 e. The molecule has 0 aromatic carbocycles. The van der Waals surface area contributed by atoms with Crippen molar-refractivity contribution in [1.29, 1.82) is 0 Å². The van der Waals surface area contributed by atoms with E-state index < -0.39 is 6.10 Å². The van der Waals surface area contributed by atoms with Crippen molar-refractivity contribution in [3.63, 3.8) is 0 Å². The van der Waals surface area contributed by atoms with Gasteiger partial charge in [-0.1, -0.05) is 19.8 Å². The molecule has 2 aliphatic rings. The summed E-state index contributed by atoms with van der Waals surface area (Å²) >= 11 is 0. The summed E-state index contributed by atoms with van der Waals surface area (Å²) in [5.41, 5.74) is 5.66. The third kappa shape index (κ3) is 3.95. The predicted molar refractivity (Wildman–Crippen MR) is 80.4 cm³/mol. The van der Waals surface area contributed by atoms with Crippen molar-refractivity contribution in [1.82, 2.24) is 5.32 Å². The highest BCUT2D eigenvalue weighted by Gasteiger charge is 2.37. The largest absolute Gasteiger partial charge is 0.361 e. The van der Waals surface area contributed by atoms with E-state index >= 15 is 0 Å². The maximum absolute atomic E-state index is 12.2. The zero-order valence-electron chi connectivity index (χ0n) is 13.0. The summed E-state index contributed by atoms with van der Waals surface area (Å²) in [6.45, 7) is 4.65. The van der Waals surface area contributed by atoms with E-state index in [1.54, 1.807) is 0 Å². The predicted octanol–water partition coefficient (Wildman–Crippen LogP) is 2.36. The lowest BCUT2D eigenvalue weighted by atomic mass is 9.79. The first-order valence-electron chi connectivity index (χ1n) is 8.23. The molecule has 1 atom stereocenters. The molecule has 4 heteroatoms. The molecule has 2 aliphatic carbocycles. The molecule has 0 heterocycles. The normalized spacial score (nSPS) is 33.0. The maximum atomic E-state index is 12.2. The molecule has 0 saturated heterocycles. The summed E-state index contributed by atoms with van der Waals surface area (Å²) in [6, 6.07) is 0.355. The Morgan fingerprint density at radius 2 is 1.90 bits per heavy atom. The molecule has 4 nitrogen and oxygen atoms in total. The Hall–Kier alpha value is -0.610. The van der Waals surface area contributed by atoms with E-state index in [1.165, 1.54) is 12.8 Å². The van der Waals surface area contributed by atoms with Crippen molar-refractivity contribution >= 4 is 5.91 Å². The third-order valence-electron chi connectivity index (χ3n) is 5.06. The number of amides is 1. The molecule has 0 spiro atoms. The van der Waals surface area contributed by atoms with E-state index in [9.17, 15) is 4.79 Å². The fourth-order valence-electron chi connectivity index (χ4n) is 3.48. The van der Waals surface area contributed by atoms with Gasteiger partial charge < -0.3 is 15.8 Å². The van der Waals surface area contributed by atoms with Gasteiger partial charge in [0.05, 0.1) is 5.60 Å². The molecular formula is C16H30N2O2. The number of carbonyl (C=O) groups is 1. The van der Waals surface area contributed by atoms with E-state index in [2.05, 4.69) is 12.2 Å². The lowest BCUT2D eigenvalue weighted by Gasteiger charge is -2.40. The fraction of sp³-hybridized carbons (Fsp3) is 0.938. The average molecular weight is 282 g/mol. The van der Waals surface area contributed by atoms with Gasteiger partial charge in [-0.25, -0.2) is 0 Å². The van der Waals surface area contributed by atoms with Crippen LogP contribution in [0.3, 0.4) is 0 Å². The molecule has 1 unspecified atom stereocenters. The topological polar surface area (TPSA) is 64.3 Å². The van der Waals surface area contributed by atoms with Gasteiger partial charge in [-0.3, -0.25) is 4.79 Å². The van der Waals surface area contributed by atoms with Crippen LogP contribution in [0.5, 0.6) is 0 Å². The van der Waals surface area contributed by atoms with E-state index in [0.29, 0.717) is 12.6 Å². The molecule has 3 N–H and O–H groups in total. The van der Waals surface area contributed by atoms with E-state index in [0.717, 1.165) is 44.4 Å². The Morgan fingerprint density at radius 1 is 1.30 bits per heavy atom. The number of nitrogens with one attached hydrogen (secondary N) is 1. The molecule has 116 valence electrons. The highest BCUT2D eigenvalue weighted by Crippen LogP contribution is 2.35. The zero-order valence-corrected chi connectivity index (χ0v) is 13.0. The number of carbonyl (C=O) groups excluding carboxylic acids is 1. The molecule has 2 saturated carbocycles. The summed E-state index contributed by atoms with van der Waals surface area (Å²) in [5, 5.41) is 3.11. The lowest BCUT2D eigenvalue weighted by molar-refractivity contribution is -0.150. The van der Waals surface area contributed by atoms with Crippen LogP contribution >= 0.6 is 0 Å². The van der Waals surface area contributed by atoms with Crippen LogP contribution in [0, 0.1) is 5.92 Å². The SMILES string of the molecule is CC1CCC(CN)(OC(C)C(=O)NC2CCCC2)CC1. The van der Waals surface area contributed by atoms with E-state index in [4.69, 9.17) is 10.5 Å². The smallest absolute Gasteiger partial charge is 0.249 e. The minimum absolute atomic E-state index is 0.0309. The Balaban J connectivity index is 1.84. The summed E-state index contributed by atoms with van der Waals surface area (Å²) in [6.07, 6.45) is 8.53. The molecule has 1 amide bonds. The zero-order chi connectivity index (χ0) is 14.6. The minimum atomic E-state index is -0.396. The van der Waals surface area contributed by atoms with Crippen LogP contribution in [0.2, 0.25) is 0 Å². The van der Waals surface area contributed by atoms with Gasteiger partial charge >= 0.3 is 0 Å². The molecular weight excluding hydrogens is 252 g/mol. The van der Waals surface area contributed by atoms with Gasteiger partial charge in [-0.15, -0.1) is 0 Å². The Kier molecular flexibility index (Phi) is 5.44. The summed E-state index contributed by atoms with van der Waals surface area (Å²) in [4.78, 5) is 12.2. The quantitative estimate of drug-likeness (QED) is 0.813. The monoisotopic (exact) mass is 282 g/mol. The van der Waals surface area contributed by atoms with Gasteiger partial charge in [-0.2, -0.15) is 0 Å². The van der Waals surface area contributed by atoms with Crippen LogP contribution in [0.15, 0.2) is 0 Å². The second kappa shape index (κ2) is 6.90. The summed E-state index contributed by atoms with van der Waals surface area (Å²) in [5.74, 6) is 0.782. The van der Waals surface area contributed by atoms with Crippen LogP contribution in [-0.4, -0.2) is 30.2 Å². The molecule has 0 aromatic rings. The first-order chi connectivity index (χ1) is 9.54. The molecule has 0 aromatic heterocycles. The number of hydrogen-bond acceptors (Lipinski definition) is 3. The first-order valence-corrected chi connectivity index (χ1v) is 8.23. The van der Waals surface area contributed by atoms with Crippen molar-refractivity contribution in [3.05, 3.63) is 0 Å². The van der Waals surface area contributed by atoms with Crippen LogP contribution in [0.1, 0.15) is 65.2 Å².